The first kappa shape index (κ1) is 15.8. The van der Waals surface area contributed by atoms with Crippen molar-refractivity contribution in [1.82, 2.24) is 5.32 Å². The van der Waals surface area contributed by atoms with Gasteiger partial charge in [-0.25, -0.2) is 4.79 Å². The van der Waals surface area contributed by atoms with Gasteiger partial charge in [0.05, 0.1) is 5.92 Å². The van der Waals surface area contributed by atoms with E-state index in [4.69, 9.17) is 4.74 Å². The number of carboxylic acids is 1. The van der Waals surface area contributed by atoms with Gasteiger partial charge in [0.25, 0.3) is 0 Å². The molecule has 1 atom stereocenters. The zero-order valence-corrected chi connectivity index (χ0v) is 11.5. The number of aryl methyl sites for hydroxylation is 1. The summed E-state index contributed by atoms with van der Waals surface area (Å²) in [6.45, 7) is 5.48. The van der Waals surface area contributed by atoms with Crippen molar-refractivity contribution in [2.75, 3.05) is 13.2 Å². The number of rotatable bonds is 7. The lowest BCUT2D eigenvalue weighted by Gasteiger charge is -2.14. The number of carboxylic acid groups (broad SMARTS) is 1. The summed E-state index contributed by atoms with van der Waals surface area (Å²) in [5.41, 5.74) is 1.99. The van der Waals surface area contributed by atoms with E-state index < -0.39 is 18.0 Å². The molecule has 1 aromatic rings. The van der Waals surface area contributed by atoms with E-state index in [9.17, 15) is 14.7 Å². The summed E-state index contributed by atoms with van der Waals surface area (Å²) in [5.74, 6) is -1.63. The van der Waals surface area contributed by atoms with Crippen molar-refractivity contribution in [2.24, 2.45) is 5.92 Å². The fourth-order valence-electron chi connectivity index (χ4n) is 1.74. The summed E-state index contributed by atoms with van der Waals surface area (Å²) in [4.78, 5) is 22.5. The summed E-state index contributed by atoms with van der Waals surface area (Å²) >= 11 is 0. The molecule has 1 rings (SSSR count). The number of aliphatic carboxylic acids is 1. The quantitative estimate of drug-likeness (QED) is 0.749. The van der Waals surface area contributed by atoms with Crippen LogP contribution in [0.4, 0.5) is 4.79 Å². The molecule has 1 amide bonds. The second-order valence-electron chi connectivity index (χ2n) is 4.43. The number of carbonyl (C=O) groups excluding carboxylic acids is 1. The van der Waals surface area contributed by atoms with Crippen molar-refractivity contribution < 1.29 is 19.4 Å². The molecule has 20 heavy (non-hydrogen) atoms. The molecule has 0 aliphatic rings. The Kier molecular flexibility index (Phi) is 6.29. The Bertz CT molecular complexity index is 485. The largest absolute Gasteiger partial charge is 0.481 e. The highest BCUT2D eigenvalue weighted by Crippen LogP contribution is 2.13. The van der Waals surface area contributed by atoms with Gasteiger partial charge in [0.15, 0.2) is 0 Å². The highest BCUT2D eigenvalue weighted by molar-refractivity contribution is 5.73. The minimum atomic E-state index is -0.947. The zero-order valence-electron chi connectivity index (χ0n) is 11.5. The SMILES string of the molecule is C=CCOC(=O)NCC(Cc1ccccc1C)C(=O)O. The number of ether oxygens (including phenoxy) is 1. The van der Waals surface area contributed by atoms with Gasteiger partial charge < -0.3 is 15.2 Å². The molecule has 0 radical (unpaired) electrons. The van der Waals surface area contributed by atoms with Crippen LogP contribution in [-0.2, 0) is 16.0 Å². The van der Waals surface area contributed by atoms with Gasteiger partial charge in [-0.1, -0.05) is 36.9 Å². The number of nitrogens with one attached hydrogen (secondary N) is 1. The van der Waals surface area contributed by atoms with Gasteiger partial charge in [0.2, 0.25) is 0 Å². The van der Waals surface area contributed by atoms with Gasteiger partial charge in [-0.2, -0.15) is 0 Å². The molecule has 1 aromatic carbocycles. The molecule has 0 heterocycles. The summed E-state index contributed by atoms with van der Waals surface area (Å²) in [5, 5.41) is 11.7. The predicted molar refractivity (Wildman–Crippen MR) is 75.6 cm³/mol. The lowest BCUT2D eigenvalue weighted by atomic mass is 9.96. The van der Waals surface area contributed by atoms with Crippen molar-refractivity contribution >= 4 is 12.1 Å². The molecule has 0 aliphatic carbocycles. The van der Waals surface area contributed by atoms with Crippen molar-refractivity contribution in [3.05, 3.63) is 48.0 Å². The Balaban J connectivity index is 2.57. The molecule has 5 nitrogen and oxygen atoms in total. The topological polar surface area (TPSA) is 75.6 Å². The van der Waals surface area contributed by atoms with Gasteiger partial charge in [0.1, 0.15) is 6.61 Å². The summed E-state index contributed by atoms with van der Waals surface area (Å²) < 4.78 is 4.73. The van der Waals surface area contributed by atoms with E-state index in [2.05, 4.69) is 11.9 Å². The van der Waals surface area contributed by atoms with Crippen LogP contribution in [0, 0.1) is 12.8 Å². The Morgan fingerprint density at radius 3 is 2.75 bits per heavy atom. The Morgan fingerprint density at radius 2 is 2.15 bits per heavy atom. The minimum Gasteiger partial charge on any atom is -0.481 e. The zero-order chi connectivity index (χ0) is 15.0. The average molecular weight is 277 g/mol. The number of hydrogen-bond acceptors (Lipinski definition) is 3. The maximum Gasteiger partial charge on any atom is 0.407 e. The molecular formula is C15H19NO4. The lowest BCUT2D eigenvalue weighted by Crippen LogP contribution is -2.34. The number of amides is 1. The van der Waals surface area contributed by atoms with E-state index >= 15 is 0 Å². The van der Waals surface area contributed by atoms with Crippen LogP contribution in [0.15, 0.2) is 36.9 Å². The molecule has 0 spiro atoms. The van der Waals surface area contributed by atoms with E-state index in [1.165, 1.54) is 6.08 Å². The van der Waals surface area contributed by atoms with E-state index in [-0.39, 0.29) is 13.2 Å². The molecule has 0 aliphatic heterocycles. The molecule has 5 heteroatoms. The van der Waals surface area contributed by atoms with Crippen molar-refractivity contribution in [2.45, 2.75) is 13.3 Å². The fourth-order valence-corrected chi connectivity index (χ4v) is 1.74. The highest BCUT2D eigenvalue weighted by atomic mass is 16.5. The Morgan fingerprint density at radius 1 is 1.45 bits per heavy atom. The van der Waals surface area contributed by atoms with E-state index in [1.807, 2.05) is 31.2 Å². The first-order valence-corrected chi connectivity index (χ1v) is 6.33. The third-order valence-electron chi connectivity index (χ3n) is 2.90. The second kappa shape index (κ2) is 7.99. The third-order valence-corrected chi connectivity index (χ3v) is 2.90. The van der Waals surface area contributed by atoms with Crippen molar-refractivity contribution in [3.63, 3.8) is 0 Å². The molecule has 0 saturated carbocycles. The monoisotopic (exact) mass is 277 g/mol. The van der Waals surface area contributed by atoms with Gasteiger partial charge in [-0.15, -0.1) is 0 Å². The van der Waals surface area contributed by atoms with E-state index in [0.29, 0.717) is 6.42 Å². The molecule has 0 saturated heterocycles. The van der Waals surface area contributed by atoms with Crippen LogP contribution < -0.4 is 5.32 Å². The van der Waals surface area contributed by atoms with E-state index in [1.54, 1.807) is 0 Å². The minimum absolute atomic E-state index is 0.0274. The first-order valence-electron chi connectivity index (χ1n) is 6.33. The van der Waals surface area contributed by atoms with Gasteiger partial charge in [-0.05, 0) is 24.5 Å². The fraction of sp³-hybridized carbons (Fsp3) is 0.333. The molecule has 2 N–H and O–H groups in total. The summed E-state index contributed by atoms with van der Waals surface area (Å²) in [6, 6.07) is 7.59. The second-order valence-corrected chi connectivity index (χ2v) is 4.43. The smallest absolute Gasteiger partial charge is 0.407 e. The normalized spacial score (nSPS) is 11.4. The third kappa shape index (κ3) is 5.14. The predicted octanol–water partition coefficient (Wildman–Crippen LogP) is 2.15. The number of benzene rings is 1. The van der Waals surface area contributed by atoms with Crippen molar-refractivity contribution in [3.8, 4) is 0 Å². The molecule has 1 unspecified atom stereocenters. The molecule has 0 aromatic heterocycles. The first-order chi connectivity index (χ1) is 9.54. The van der Waals surface area contributed by atoms with E-state index in [0.717, 1.165) is 11.1 Å². The standard InChI is InChI=1S/C15H19NO4/c1-3-8-20-15(19)16-10-13(14(17)18)9-12-7-5-4-6-11(12)2/h3-7,13H,1,8-10H2,2H3,(H,16,19)(H,17,18). The van der Waals surface area contributed by atoms with Gasteiger partial charge >= 0.3 is 12.1 Å². The number of carbonyl (C=O) groups is 2. The van der Waals surface area contributed by atoms with Crippen molar-refractivity contribution in [1.29, 1.82) is 0 Å². The number of hydrogen-bond donors (Lipinski definition) is 2. The maximum atomic E-state index is 11.3. The average Bonchev–Trinajstić information content (AvgIpc) is 2.42. The van der Waals surface area contributed by atoms with Crippen LogP contribution >= 0.6 is 0 Å². The van der Waals surface area contributed by atoms with Gasteiger partial charge in [-0.3, -0.25) is 4.79 Å². The lowest BCUT2D eigenvalue weighted by molar-refractivity contribution is -0.141. The Hall–Kier alpha value is -2.30. The highest BCUT2D eigenvalue weighted by Gasteiger charge is 2.19. The molecule has 0 fully saturated rings. The molecule has 0 bridgehead atoms. The Labute approximate surface area is 118 Å². The number of alkyl carbamates (subject to hydrolysis) is 1. The summed E-state index contributed by atoms with van der Waals surface area (Å²) in [6.07, 6.45) is 1.17. The molecule has 108 valence electrons. The summed E-state index contributed by atoms with van der Waals surface area (Å²) in [7, 11) is 0. The van der Waals surface area contributed by atoms with Crippen LogP contribution in [0.3, 0.4) is 0 Å². The van der Waals surface area contributed by atoms with Crippen LogP contribution in [0.1, 0.15) is 11.1 Å². The van der Waals surface area contributed by atoms with Crippen LogP contribution in [0.5, 0.6) is 0 Å². The molecular weight excluding hydrogens is 258 g/mol. The van der Waals surface area contributed by atoms with Crippen LogP contribution in [0.2, 0.25) is 0 Å². The van der Waals surface area contributed by atoms with Gasteiger partial charge in [0, 0.05) is 6.54 Å². The van der Waals surface area contributed by atoms with Crippen LogP contribution in [-0.4, -0.2) is 30.3 Å². The maximum absolute atomic E-state index is 11.3. The van der Waals surface area contributed by atoms with Crippen LogP contribution in [0.25, 0.3) is 0 Å².